The van der Waals surface area contributed by atoms with Crippen LogP contribution in [-0.4, -0.2) is 9.55 Å². The van der Waals surface area contributed by atoms with Gasteiger partial charge in [-0.25, -0.2) is 4.98 Å². The summed E-state index contributed by atoms with van der Waals surface area (Å²) in [5, 5.41) is 3.36. The van der Waals surface area contributed by atoms with Crippen LogP contribution in [0.25, 0.3) is 5.69 Å². The van der Waals surface area contributed by atoms with Crippen LogP contribution in [0.5, 0.6) is 0 Å². The molecule has 19 heavy (non-hydrogen) atoms. The molecule has 0 bridgehead atoms. The Hall–Kier alpha value is -2.49. The van der Waals surface area contributed by atoms with Crippen molar-refractivity contribution in [1.29, 1.82) is 0 Å². The molecule has 1 N–H and O–H groups in total. The number of imidazole rings is 1. The molecule has 0 aliphatic carbocycles. The topological polar surface area (TPSA) is 43.0 Å². The molecule has 0 unspecified atom stereocenters. The molecule has 0 saturated carbocycles. The predicted molar refractivity (Wildman–Crippen MR) is 74.3 cm³/mol. The molecule has 0 atom stereocenters. The van der Waals surface area contributed by atoms with Gasteiger partial charge in [0.05, 0.1) is 19.1 Å². The van der Waals surface area contributed by atoms with E-state index in [4.69, 9.17) is 4.42 Å². The van der Waals surface area contributed by atoms with Crippen molar-refractivity contribution < 1.29 is 4.42 Å². The number of hydrogen-bond donors (Lipinski definition) is 1. The third kappa shape index (κ3) is 2.52. The minimum atomic E-state index is 0.687. The first-order chi connectivity index (χ1) is 9.33. The Morgan fingerprint density at radius 3 is 3.00 bits per heavy atom. The largest absolute Gasteiger partial charge is 0.467 e. The highest BCUT2D eigenvalue weighted by molar-refractivity contribution is 5.51. The smallest absolute Gasteiger partial charge is 0.125 e. The van der Waals surface area contributed by atoms with Crippen LogP contribution in [0.1, 0.15) is 11.3 Å². The average Bonchev–Trinajstić information content (AvgIpc) is 3.08. The number of anilines is 1. The molecule has 0 spiro atoms. The van der Waals surface area contributed by atoms with Crippen LogP contribution in [0.15, 0.2) is 59.7 Å². The quantitative estimate of drug-likeness (QED) is 0.775. The van der Waals surface area contributed by atoms with E-state index >= 15 is 0 Å². The molecule has 2 aromatic heterocycles. The van der Waals surface area contributed by atoms with E-state index in [-0.39, 0.29) is 0 Å². The van der Waals surface area contributed by atoms with Crippen LogP contribution in [0, 0.1) is 6.92 Å². The summed E-state index contributed by atoms with van der Waals surface area (Å²) in [7, 11) is 0. The molecule has 96 valence electrons. The number of benzene rings is 1. The number of aryl methyl sites for hydroxylation is 1. The number of aromatic nitrogens is 2. The van der Waals surface area contributed by atoms with Gasteiger partial charge in [-0.2, -0.15) is 0 Å². The lowest BCUT2D eigenvalue weighted by molar-refractivity contribution is 0.515. The summed E-state index contributed by atoms with van der Waals surface area (Å²) >= 11 is 0. The van der Waals surface area contributed by atoms with E-state index in [0.29, 0.717) is 6.54 Å². The van der Waals surface area contributed by atoms with Gasteiger partial charge in [0, 0.05) is 23.8 Å². The zero-order valence-electron chi connectivity index (χ0n) is 10.7. The molecule has 0 aliphatic heterocycles. The second kappa shape index (κ2) is 5.02. The van der Waals surface area contributed by atoms with Crippen molar-refractivity contribution in [3.05, 3.63) is 66.6 Å². The highest BCUT2D eigenvalue weighted by Crippen LogP contribution is 2.16. The molecule has 0 fully saturated rings. The van der Waals surface area contributed by atoms with Crippen molar-refractivity contribution in [2.75, 3.05) is 5.32 Å². The molecule has 3 aromatic rings. The van der Waals surface area contributed by atoms with Crippen LogP contribution in [0.2, 0.25) is 0 Å². The van der Waals surface area contributed by atoms with Gasteiger partial charge >= 0.3 is 0 Å². The number of furan rings is 1. The third-order valence-electron chi connectivity index (χ3n) is 3.07. The molecule has 0 amide bonds. The Morgan fingerprint density at radius 1 is 1.32 bits per heavy atom. The zero-order valence-corrected chi connectivity index (χ0v) is 10.7. The fraction of sp³-hybridized carbons (Fsp3) is 0.133. The van der Waals surface area contributed by atoms with Gasteiger partial charge in [0.25, 0.3) is 0 Å². The fourth-order valence-corrected chi connectivity index (χ4v) is 1.96. The summed E-state index contributed by atoms with van der Waals surface area (Å²) in [6.45, 7) is 2.73. The molecular formula is C15H15N3O. The molecule has 1 aromatic carbocycles. The van der Waals surface area contributed by atoms with Gasteiger partial charge in [-0.3, -0.25) is 0 Å². The van der Waals surface area contributed by atoms with Crippen molar-refractivity contribution in [3.63, 3.8) is 0 Å². The average molecular weight is 253 g/mol. The van der Waals surface area contributed by atoms with Crippen molar-refractivity contribution >= 4 is 5.69 Å². The summed E-state index contributed by atoms with van der Waals surface area (Å²) in [6.07, 6.45) is 7.20. The van der Waals surface area contributed by atoms with Gasteiger partial charge in [0.15, 0.2) is 0 Å². The minimum absolute atomic E-state index is 0.687. The molecule has 2 heterocycles. The summed E-state index contributed by atoms with van der Waals surface area (Å²) in [5.41, 5.74) is 3.30. The van der Waals surface area contributed by atoms with Crippen molar-refractivity contribution in [3.8, 4) is 5.69 Å². The van der Waals surface area contributed by atoms with Gasteiger partial charge in [0.1, 0.15) is 5.76 Å². The van der Waals surface area contributed by atoms with Crippen LogP contribution in [0.3, 0.4) is 0 Å². The Kier molecular flexibility index (Phi) is 3.06. The molecule has 4 nitrogen and oxygen atoms in total. The first-order valence-electron chi connectivity index (χ1n) is 6.18. The molecule has 3 rings (SSSR count). The Labute approximate surface area is 111 Å². The monoisotopic (exact) mass is 253 g/mol. The van der Waals surface area contributed by atoms with E-state index in [2.05, 4.69) is 16.4 Å². The third-order valence-corrected chi connectivity index (χ3v) is 3.07. The van der Waals surface area contributed by atoms with Crippen LogP contribution in [0.4, 0.5) is 5.69 Å². The van der Waals surface area contributed by atoms with E-state index in [1.54, 1.807) is 18.8 Å². The second-order valence-corrected chi connectivity index (χ2v) is 4.40. The fourth-order valence-electron chi connectivity index (χ4n) is 1.96. The standard InChI is InChI=1S/C15H15N3O/c1-12-5-8-19-15(12)10-17-13-3-2-4-14(9-13)18-7-6-16-11-18/h2-9,11,17H,10H2,1H3. The lowest BCUT2D eigenvalue weighted by Crippen LogP contribution is -2.00. The minimum Gasteiger partial charge on any atom is -0.467 e. The molecule has 4 heteroatoms. The van der Waals surface area contributed by atoms with E-state index in [9.17, 15) is 0 Å². The van der Waals surface area contributed by atoms with Gasteiger partial charge in [-0.05, 0) is 36.8 Å². The number of hydrogen-bond acceptors (Lipinski definition) is 3. The van der Waals surface area contributed by atoms with Crippen molar-refractivity contribution in [2.24, 2.45) is 0 Å². The van der Waals surface area contributed by atoms with Gasteiger partial charge in [-0.1, -0.05) is 6.07 Å². The summed E-state index contributed by atoms with van der Waals surface area (Å²) < 4.78 is 7.39. The van der Waals surface area contributed by atoms with E-state index in [0.717, 1.165) is 17.1 Å². The second-order valence-electron chi connectivity index (χ2n) is 4.40. The SMILES string of the molecule is Cc1ccoc1CNc1cccc(-n2ccnc2)c1. The maximum absolute atomic E-state index is 5.41. The highest BCUT2D eigenvalue weighted by Gasteiger charge is 2.02. The maximum atomic E-state index is 5.41. The normalized spacial score (nSPS) is 10.6. The van der Waals surface area contributed by atoms with Crippen LogP contribution < -0.4 is 5.32 Å². The maximum Gasteiger partial charge on any atom is 0.125 e. The number of nitrogens with zero attached hydrogens (tertiary/aromatic N) is 2. The first kappa shape index (κ1) is 11.6. The molecule has 0 radical (unpaired) electrons. The Balaban J connectivity index is 1.75. The summed E-state index contributed by atoms with van der Waals surface area (Å²) in [5.74, 6) is 0.966. The Bertz CT molecular complexity index is 656. The van der Waals surface area contributed by atoms with E-state index in [1.165, 1.54) is 5.56 Å². The number of nitrogens with one attached hydrogen (secondary N) is 1. The van der Waals surface area contributed by atoms with E-state index < -0.39 is 0 Å². The molecule has 0 aliphatic rings. The van der Waals surface area contributed by atoms with Crippen LogP contribution >= 0.6 is 0 Å². The Morgan fingerprint density at radius 2 is 2.26 bits per heavy atom. The van der Waals surface area contributed by atoms with Gasteiger partial charge < -0.3 is 14.3 Å². The lowest BCUT2D eigenvalue weighted by Gasteiger charge is -2.08. The van der Waals surface area contributed by atoms with Gasteiger partial charge in [-0.15, -0.1) is 0 Å². The van der Waals surface area contributed by atoms with E-state index in [1.807, 2.05) is 42.0 Å². The van der Waals surface area contributed by atoms with Crippen molar-refractivity contribution in [2.45, 2.75) is 13.5 Å². The highest BCUT2D eigenvalue weighted by atomic mass is 16.3. The lowest BCUT2D eigenvalue weighted by atomic mass is 10.2. The number of rotatable bonds is 4. The predicted octanol–water partition coefficient (Wildman–Crippen LogP) is 3.39. The summed E-state index contributed by atoms with van der Waals surface area (Å²) in [4.78, 5) is 4.05. The van der Waals surface area contributed by atoms with Crippen LogP contribution in [-0.2, 0) is 6.54 Å². The van der Waals surface area contributed by atoms with Crippen molar-refractivity contribution in [1.82, 2.24) is 9.55 Å². The van der Waals surface area contributed by atoms with Gasteiger partial charge in [0.2, 0.25) is 0 Å². The summed E-state index contributed by atoms with van der Waals surface area (Å²) in [6, 6.07) is 10.2. The molecular weight excluding hydrogens is 238 g/mol. The zero-order chi connectivity index (χ0) is 13.1. The molecule has 0 saturated heterocycles. The first-order valence-corrected chi connectivity index (χ1v) is 6.18.